The summed E-state index contributed by atoms with van der Waals surface area (Å²) in [6.07, 6.45) is 1.35. The Morgan fingerprint density at radius 3 is 2.56 bits per heavy atom. The zero-order valence-corrected chi connectivity index (χ0v) is 17.8. The smallest absolute Gasteiger partial charge is 0.260 e. The molecule has 0 radical (unpaired) electrons. The van der Waals surface area contributed by atoms with Gasteiger partial charge in [-0.3, -0.25) is 14.9 Å². The molecular weight excluding hydrogens is 436 g/mol. The predicted molar refractivity (Wildman–Crippen MR) is 118 cm³/mol. The van der Waals surface area contributed by atoms with Crippen LogP contribution in [0.1, 0.15) is 23.0 Å². The topological polar surface area (TPSA) is 88.9 Å². The third kappa shape index (κ3) is 4.26. The van der Waals surface area contributed by atoms with Crippen molar-refractivity contribution in [3.05, 3.63) is 76.9 Å². The summed E-state index contributed by atoms with van der Waals surface area (Å²) in [6, 6.07) is 10.4. The van der Waals surface area contributed by atoms with Crippen molar-refractivity contribution in [1.82, 2.24) is 14.8 Å². The average molecular weight is 453 g/mol. The molecule has 2 aromatic carbocycles. The van der Waals surface area contributed by atoms with Crippen LogP contribution < -0.4 is 10.6 Å². The number of para-hydroxylation sites is 1. The van der Waals surface area contributed by atoms with Gasteiger partial charge in [-0.25, -0.2) is 18.4 Å². The molecule has 4 rings (SSSR count). The largest absolute Gasteiger partial charge is 0.326 e. The first kappa shape index (κ1) is 21.3. The van der Waals surface area contributed by atoms with Gasteiger partial charge in [0.05, 0.1) is 23.1 Å². The lowest BCUT2D eigenvalue weighted by Gasteiger charge is -2.06. The maximum atomic E-state index is 14.5. The highest BCUT2D eigenvalue weighted by Crippen LogP contribution is 2.29. The number of thiazole rings is 1. The van der Waals surface area contributed by atoms with Crippen molar-refractivity contribution in [3.8, 4) is 16.9 Å². The van der Waals surface area contributed by atoms with Crippen molar-refractivity contribution < 1.29 is 18.4 Å². The zero-order valence-electron chi connectivity index (χ0n) is 17.0. The molecule has 0 saturated heterocycles. The molecule has 0 aliphatic carbocycles. The highest BCUT2D eigenvalue weighted by molar-refractivity contribution is 7.14. The number of anilines is 2. The molecule has 2 heterocycles. The number of carbonyl (C=O) groups excluding carboxylic acids is 2. The van der Waals surface area contributed by atoms with E-state index in [9.17, 15) is 18.4 Å². The molecular formula is C22H17F2N5O2S. The minimum Gasteiger partial charge on any atom is -0.326 e. The second-order valence-corrected chi connectivity index (χ2v) is 7.73. The van der Waals surface area contributed by atoms with Crippen LogP contribution in [0.25, 0.3) is 16.9 Å². The number of halogens is 2. The number of nitrogens with zero attached hydrogens (tertiary/aromatic N) is 3. The normalized spacial score (nSPS) is 10.8. The van der Waals surface area contributed by atoms with E-state index < -0.39 is 17.5 Å². The predicted octanol–water partition coefficient (Wildman–Crippen LogP) is 4.79. The van der Waals surface area contributed by atoms with E-state index in [2.05, 4.69) is 20.7 Å². The van der Waals surface area contributed by atoms with Gasteiger partial charge in [-0.2, -0.15) is 5.10 Å². The van der Waals surface area contributed by atoms with Crippen molar-refractivity contribution in [2.45, 2.75) is 13.8 Å². The van der Waals surface area contributed by atoms with Gasteiger partial charge < -0.3 is 5.32 Å². The van der Waals surface area contributed by atoms with Crippen LogP contribution in [0.3, 0.4) is 0 Å². The number of amides is 2. The third-order valence-electron chi connectivity index (χ3n) is 4.63. The van der Waals surface area contributed by atoms with Crippen molar-refractivity contribution in [2.75, 3.05) is 10.6 Å². The van der Waals surface area contributed by atoms with E-state index in [0.29, 0.717) is 17.1 Å². The lowest BCUT2D eigenvalue weighted by molar-refractivity contribution is -0.114. The van der Waals surface area contributed by atoms with Gasteiger partial charge in [0.15, 0.2) is 5.13 Å². The average Bonchev–Trinajstić information content (AvgIpc) is 3.35. The first-order valence-electron chi connectivity index (χ1n) is 9.47. The fraction of sp³-hybridized carbons (Fsp3) is 0.0909. The summed E-state index contributed by atoms with van der Waals surface area (Å²) >= 11 is 1.14. The van der Waals surface area contributed by atoms with Gasteiger partial charge in [-0.15, -0.1) is 11.3 Å². The molecule has 162 valence electrons. The van der Waals surface area contributed by atoms with Crippen molar-refractivity contribution in [1.29, 1.82) is 0 Å². The Balaban J connectivity index is 1.53. The van der Waals surface area contributed by atoms with E-state index in [-0.39, 0.29) is 27.9 Å². The van der Waals surface area contributed by atoms with E-state index in [1.807, 2.05) is 0 Å². The molecule has 0 unspecified atom stereocenters. The fourth-order valence-corrected chi connectivity index (χ4v) is 3.83. The van der Waals surface area contributed by atoms with Crippen LogP contribution in [-0.2, 0) is 4.79 Å². The van der Waals surface area contributed by atoms with Gasteiger partial charge >= 0.3 is 0 Å². The second kappa shape index (κ2) is 8.67. The van der Waals surface area contributed by atoms with Crippen LogP contribution in [0.2, 0.25) is 0 Å². The number of benzene rings is 2. The van der Waals surface area contributed by atoms with E-state index in [1.54, 1.807) is 36.6 Å². The summed E-state index contributed by atoms with van der Waals surface area (Å²) in [7, 11) is 0. The molecule has 32 heavy (non-hydrogen) atoms. The van der Waals surface area contributed by atoms with Gasteiger partial charge in [-0.05, 0) is 37.3 Å². The van der Waals surface area contributed by atoms with E-state index >= 15 is 0 Å². The summed E-state index contributed by atoms with van der Waals surface area (Å²) in [6.45, 7) is 3.00. The summed E-state index contributed by atoms with van der Waals surface area (Å²) in [4.78, 5) is 28.1. The molecule has 0 fully saturated rings. The molecule has 0 atom stereocenters. The molecule has 0 aliphatic heterocycles. The second-order valence-electron chi connectivity index (χ2n) is 6.87. The molecule has 2 aromatic heterocycles. The maximum absolute atomic E-state index is 14.5. The van der Waals surface area contributed by atoms with Crippen molar-refractivity contribution >= 4 is 34.0 Å². The number of aromatic nitrogens is 3. The van der Waals surface area contributed by atoms with Crippen LogP contribution in [-0.4, -0.2) is 26.6 Å². The van der Waals surface area contributed by atoms with Crippen LogP contribution in [0, 0.1) is 18.6 Å². The number of carbonyl (C=O) groups is 2. The van der Waals surface area contributed by atoms with Crippen molar-refractivity contribution in [2.24, 2.45) is 0 Å². The first-order valence-corrected chi connectivity index (χ1v) is 10.4. The quantitative estimate of drug-likeness (QED) is 0.455. The lowest BCUT2D eigenvalue weighted by Crippen LogP contribution is -2.13. The summed E-state index contributed by atoms with van der Waals surface area (Å²) in [5.41, 5.74) is 1.87. The van der Waals surface area contributed by atoms with Crippen LogP contribution in [0.4, 0.5) is 19.6 Å². The minimum absolute atomic E-state index is 0.235. The summed E-state index contributed by atoms with van der Waals surface area (Å²) < 4.78 is 29.9. The van der Waals surface area contributed by atoms with Gasteiger partial charge in [0.1, 0.15) is 17.3 Å². The SMILES string of the molecule is CC(=O)Nc1ccc(-c2csc(NC(=O)c3cnn(-c4ccccc4F)c3C)n2)c(F)c1. The van der Waals surface area contributed by atoms with Crippen LogP contribution in [0.15, 0.2) is 54.0 Å². The Morgan fingerprint density at radius 2 is 1.84 bits per heavy atom. The zero-order chi connectivity index (χ0) is 22.8. The van der Waals surface area contributed by atoms with E-state index in [0.717, 1.165) is 11.3 Å². The minimum atomic E-state index is -0.554. The molecule has 2 amide bonds. The Morgan fingerprint density at radius 1 is 1.06 bits per heavy atom. The van der Waals surface area contributed by atoms with Gasteiger partial charge in [0, 0.05) is 23.6 Å². The molecule has 0 aliphatic rings. The molecule has 10 heteroatoms. The highest BCUT2D eigenvalue weighted by atomic mass is 32.1. The monoisotopic (exact) mass is 453 g/mol. The summed E-state index contributed by atoms with van der Waals surface area (Å²) in [5.74, 6) is -1.78. The highest BCUT2D eigenvalue weighted by Gasteiger charge is 2.18. The summed E-state index contributed by atoms with van der Waals surface area (Å²) in [5, 5.41) is 11.2. The lowest BCUT2D eigenvalue weighted by atomic mass is 10.1. The Hall–Kier alpha value is -3.92. The van der Waals surface area contributed by atoms with E-state index in [4.69, 9.17) is 0 Å². The van der Waals surface area contributed by atoms with E-state index in [1.165, 1.54) is 36.0 Å². The first-order chi connectivity index (χ1) is 15.3. The van der Waals surface area contributed by atoms with Crippen LogP contribution in [0.5, 0.6) is 0 Å². The number of rotatable bonds is 5. The molecule has 0 spiro atoms. The maximum Gasteiger partial charge on any atom is 0.260 e. The molecule has 2 N–H and O–H groups in total. The Labute approximate surface area is 185 Å². The molecule has 0 saturated carbocycles. The fourth-order valence-electron chi connectivity index (χ4n) is 3.12. The molecule has 7 nitrogen and oxygen atoms in total. The number of hydrogen-bond acceptors (Lipinski definition) is 5. The molecule has 4 aromatic rings. The van der Waals surface area contributed by atoms with Gasteiger partial charge in [0.25, 0.3) is 5.91 Å². The Bertz CT molecular complexity index is 1330. The van der Waals surface area contributed by atoms with Crippen molar-refractivity contribution in [3.63, 3.8) is 0 Å². The standard InChI is InChI=1S/C22H17F2N5O2S/c1-12-16(10-25-29(12)20-6-4-3-5-17(20)23)21(31)28-22-27-19(11-32-22)15-8-7-14(9-18(15)24)26-13(2)30/h3-11H,1-2H3,(H,26,30)(H,27,28,31). The third-order valence-corrected chi connectivity index (χ3v) is 5.38. The molecule has 0 bridgehead atoms. The van der Waals surface area contributed by atoms with Crippen LogP contribution >= 0.6 is 11.3 Å². The van der Waals surface area contributed by atoms with Gasteiger partial charge in [-0.1, -0.05) is 12.1 Å². The Kier molecular flexibility index (Phi) is 5.78. The van der Waals surface area contributed by atoms with Gasteiger partial charge in [0.2, 0.25) is 5.91 Å². The number of nitrogens with one attached hydrogen (secondary N) is 2. The number of hydrogen-bond donors (Lipinski definition) is 2.